The summed E-state index contributed by atoms with van der Waals surface area (Å²) in [6.07, 6.45) is 3.75. The number of aryl methyl sites for hydroxylation is 1. The summed E-state index contributed by atoms with van der Waals surface area (Å²) in [5.74, 6) is 0.0694. The quantitative estimate of drug-likeness (QED) is 0.232. The van der Waals surface area contributed by atoms with Crippen molar-refractivity contribution in [3.8, 4) is 11.3 Å². The zero-order chi connectivity index (χ0) is 27.9. The van der Waals surface area contributed by atoms with Crippen LogP contribution in [0.2, 0.25) is 0 Å². The molecule has 1 aliphatic heterocycles. The monoisotopic (exact) mass is 522 g/mol. The van der Waals surface area contributed by atoms with E-state index in [1.54, 1.807) is 7.11 Å². The molecule has 5 heteroatoms. The van der Waals surface area contributed by atoms with Gasteiger partial charge in [0.15, 0.2) is 5.52 Å². The number of benzene rings is 2. The number of hydrogen-bond donors (Lipinski definition) is 1. The molecule has 5 nitrogen and oxygen atoms in total. The standard InChI is InChI=1S/C34H40N3O2/c1-19-10-9-11-22-26-23(12-13-39-8)30(20(2)17-38)37-18-35-25-15-21(16-33(3,4)5)14-24-27(25)31(37)28(26)32(34(24,6)7)36-29(19)22/h9-11,14-15,18,23,30,38H,2,12-13,16-17H2,1,3-8H3/q+1. The molecule has 0 saturated heterocycles. The molecule has 1 aliphatic carbocycles. The van der Waals surface area contributed by atoms with E-state index in [0.29, 0.717) is 6.61 Å². The fourth-order valence-corrected chi connectivity index (χ4v) is 7.15. The van der Waals surface area contributed by atoms with Gasteiger partial charge in [0, 0.05) is 36.0 Å². The van der Waals surface area contributed by atoms with E-state index < -0.39 is 0 Å². The molecule has 0 spiro atoms. The van der Waals surface area contributed by atoms with E-state index in [9.17, 15) is 5.11 Å². The lowest BCUT2D eigenvalue weighted by atomic mass is 9.66. The summed E-state index contributed by atoms with van der Waals surface area (Å²) in [7, 11) is 1.75. The molecule has 2 aromatic heterocycles. The Hall–Kier alpha value is -3.15. The van der Waals surface area contributed by atoms with E-state index in [2.05, 4.69) is 83.0 Å². The van der Waals surface area contributed by atoms with Crippen LogP contribution >= 0.6 is 0 Å². The molecule has 1 N–H and O–H groups in total. The van der Waals surface area contributed by atoms with Gasteiger partial charge < -0.3 is 9.84 Å². The third-order valence-corrected chi connectivity index (χ3v) is 8.79. The first kappa shape index (κ1) is 26.1. The molecule has 2 atom stereocenters. The Morgan fingerprint density at radius 3 is 2.67 bits per heavy atom. The minimum absolute atomic E-state index is 0.0694. The maximum Gasteiger partial charge on any atom is 0.287 e. The van der Waals surface area contributed by atoms with E-state index in [1.165, 1.54) is 38.6 Å². The summed E-state index contributed by atoms with van der Waals surface area (Å²) in [5.41, 5.74) is 11.3. The Morgan fingerprint density at radius 2 is 1.97 bits per heavy atom. The highest BCUT2D eigenvalue weighted by Crippen LogP contribution is 2.55. The van der Waals surface area contributed by atoms with Gasteiger partial charge in [-0.1, -0.05) is 65.5 Å². The molecule has 2 aliphatic rings. The zero-order valence-electron chi connectivity index (χ0n) is 24.4. The molecular formula is C34H40N3O2+. The molecule has 0 amide bonds. The molecule has 2 unspecified atom stereocenters. The second-order valence-electron chi connectivity index (χ2n) is 13.3. The number of ether oxygens (including phenoxy) is 1. The zero-order valence-corrected chi connectivity index (χ0v) is 24.4. The Bertz CT molecular complexity index is 1660. The number of nitrogens with zero attached hydrogens (tertiary/aromatic N) is 3. The molecular weight excluding hydrogens is 482 g/mol. The second-order valence-corrected chi connectivity index (χ2v) is 13.3. The number of fused-ring (bicyclic) bond motifs is 2. The largest absolute Gasteiger partial charge is 0.392 e. The Morgan fingerprint density at radius 1 is 1.21 bits per heavy atom. The summed E-state index contributed by atoms with van der Waals surface area (Å²) in [4.78, 5) is 10.5. The van der Waals surface area contributed by atoms with E-state index in [1.807, 2.05) is 6.33 Å². The Labute approximate surface area is 231 Å². The fourth-order valence-electron chi connectivity index (χ4n) is 7.15. The fraction of sp³-hybridized carbons (Fsp3) is 0.441. The number of aliphatic hydroxyl groups excluding tert-OH is 1. The van der Waals surface area contributed by atoms with Crippen molar-refractivity contribution in [3.05, 3.63) is 76.8 Å². The van der Waals surface area contributed by atoms with Gasteiger partial charge >= 0.3 is 0 Å². The maximum absolute atomic E-state index is 10.4. The molecule has 6 rings (SSSR count). The van der Waals surface area contributed by atoms with Crippen molar-refractivity contribution < 1.29 is 14.4 Å². The van der Waals surface area contributed by atoms with Gasteiger partial charge in [-0.15, -0.1) is 0 Å². The lowest BCUT2D eigenvalue weighted by molar-refractivity contribution is -0.711. The van der Waals surface area contributed by atoms with Gasteiger partial charge in [0.25, 0.3) is 6.33 Å². The number of aliphatic hydroxyl groups is 1. The molecule has 0 saturated carbocycles. The molecule has 3 heterocycles. The number of para-hydroxylation sites is 1. The van der Waals surface area contributed by atoms with Crippen LogP contribution < -0.4 is 4.57 Å². The molecule has 202 valence electrons. The van der Waals surface area contributed by atoms with Crippen LogP contribution in [0.1, 0.15) is 80.9 Å². The second kappa shape index (κ2) is 8.94. The van der Waals surface area contributed by atoms with Crippen LogP contribution in [0, 0.1) is 12.3 Å². The predicted octanol–water partition coefficient (Wildman–Crippen LogP) is 6.50. The predicted molar refractivity (Wildman–Crippen MR) is 157 cm³/mol. The number of aromatic nitrogens is 3. The van der Waals surface area contributed by atoms with E-state index in [4.69, 9.17) is 14.7 Å². The van der Waals surface area contributed by atoms with E-state index in [0.717, 1.165) is 40.8 Å². The van der Waals surface area contributed by atoms with Gasteiger partial charge in [0.2, 0.25) is 0 Å². The maximum atomic E-state index is 10.4. The highest BCUT2D eigenvalue weighted by Gasteiger charge is 2.48. The first-order valence-corrected chi connectivity index (χ1v) is 14.1. The normalized spacial score (nSPS) is 19.1. The van der Waals surface area contributed by atoms with Crippen LogP contribution in [0.3, 0.4) is 0 Å². The molecule has 2 aromatic carbocycles. The first-order valence-electron chi connectivity index (χ1n) is 14.1. The van der Waals surface area contributed by atoms with Crippen molar-refractivity contribution in [1.82, 2.24) is 9.97 Å². The molecule has 0 radical (unpaired) electrons. The van der Waals surface area contributed by atoms with Crippen LogP contribution in [0.4, 0.5) is 0 Å². The Kier molecular flexibility index (Phi) is 5.98. The van der Waals surface area contributed by atoms with Crippen LogP contribution in [0.5, 0.6) is 0 Å². The first-order chi connectivity index (χ1) is 18.5. The SMILES string of the molecule is C=C(CO)C1C(CCOC)c2c3c(nc4c(C)cccc24)C(C)(C)c2cc(CC(C)(C)C)cc4nc[n+]1c-3c24. The van der Waals surface area contributed by atoms with Gasteiger partial charge in [-0.2, -0.15) is 0 Å². The third kappa shape index (κ3) is 3.85. The Balaban J connectivity index is 1.81. The smallest absolute Gasteiger partial charge is 0.287 e. The number of hydrogen-bond acceptors (Lipinski definition) is 4. The van der Waals surface area contributed by atoms with Gasteiger partial charge in [-0.05, 0) is 64.1 Å². The lowest BCUT2D eigenvalue weighted by Crippen LogP contribution is -2.51. The van der Waals surface area contributed by atoms with Gasteiger partial charge in [-0.3, -0.25) is 4.98 Å². The highest BCUT2D eigenvalue weighted by atomic mass is 16.5. The lowest BCUT2D eigenvalue weighted by Gasteiger charge is -2.41. The minimum Gasteiger partial charge on any atom is -0.392 e. The molecule has 0 bridgehead atoms. The summed E-state index contributed by atoms with van der Waals surface area (Å²) >= 11 is 0. The van der Waals surface area contributed by atoms with E-state index >= 15 is 0 Å². The van der Waals surface area contributed by atoms with Crippen LogP contribution in [0.25, 0.3) is 33.1 Å². The summed E-state index contributed by atoms with van der Waals surface area (Å²) in [5, 5.41) is 12.8. The molecule has 0 fully saturated rings. The van der Waals surface area contributed by atoms with Gasteiger partial charge in [0.05, 0.1) is 23.2 Å². The summed E-state index contributed by atoms with van der Waals surface area (Å²) in [6.45, 7) is 18.6. The number of rotatable bonds is 6. The van der Waals surface area contributed by atoms with Crippen molar-refractivity contribution in [2.24, 2.45) is 5.41 Å². The summed E-state index contributed by atoms with van der Waals surface area (Å²) in [6, 6.07) is 11.0. The van der Waals surface area contributed by atoms with Crippen molar-refractivity contribution in [1.29, 1.82) is 0 Å². The average molecular weight is 523 g/mol. The van der Waals surface area contributed by atoms with Crippen molar-refractivity contribution in [3.63, 3.8) is 0 Å². The molecule has 39 heavy (non-hydrogen) atoms. The minimum atomic E-state index is -0.312. The van der Waals surface area contributed by atoms with Gasteiger partial charge in [-0.25, -0.2) is 4.57 Å². The number of methoxy groups -OCH3 is 1. The van der Waals surface area contributed by atoms with Gasteiger partial charge in [0.1, 0.15) is 11.7 Å². The third-order valence-electron chi connectivity index (χ3n) is 8.79. The van der Waals surface area contributed by atoms with Crippen LogP contribution in [0.15, 0.2) is 48.8 Å². The average Bonchev–Trinajstić information content (AvgIpc) is 2.88. The number of pyridine rings is 1. The molecule has 4 aromatic rings. The van der Waals surface area contributed by atoms with Crippen molar-refractivity contribution >= 4 is 21.8 Å². The highest BCUT2D eigenvalue weighted by molar-refractivity contribution is 6.03. The van der Waals surface area contributed by atoms with Crippen molar-refractivity contribution in [2.75, 3.05) is 20.3 Å². The topological polar surface area (TPSA) is 59.1 Å². The van der Waals surface area contributed by atoms with Crippen LogP contribution in [-0.2, 0) is 16.6 Å². The van der Waals surface area contributed by atoms with E-state index in [-0.39, 0.29) is 29.4 Å². The van der Waals surface area contributed by atoms with Crippen molar-refractivity contribution in [2.45, 2.75) is 71.8 Å². The van der Waals surface area contributed by atoms with Crippen LogP contribution in [-0.4, -0.2) is 35.4 Å². The summed E-state index contributed by atoms with van der Waals surface area (Å²) < 4.78 is 7.89.